The molecule has 1 aromatic carbocycles. The number of rotatable bonds is 5. The summed E-state index contributed by atoms with van der Waals surface area (Å²) in [4.78, 5) is 29.5. The molecule has 0 spiro atoms. The molecule has 0 amide bonds. The maximum absolute atomic E-state index is 13.3. The topological polar surface area (TPSA) is 87.0 Å². The minimum atomic E-state index is -0.457. The van der Waals surface area contributed by atoms with Crippen LogP contribution in [-0.2, 0) is 27.2 Å². The fraction of sp³-hybridized carbons (Fsp3) is 0.211. The summed E-state index contributed by atoms with van der Waals surface area (Å²) >= 11 is 0. The van der Waals surface area contributed by atoms with Crippen molar-refractivity contribution >= 4 is 17.1 Å². The Balaban J connectivity index is 1.87. The van der Waals surface area contributed by atoms with Crippen molar-refractivity contribution in [3.8, 4) is 0 Å². The standard InChI is InChI=1S/C19H18FN5O3/c1-23-16-15(17(26)24(2)19(23)27)25(11-12-5-7-13(20)8-6-12)18(22-16)21-10-14-4-3-9-28-14/h3-9H,10-11H2,1-2H3,(H,21,22). The van der Waals surface area contributed by atoms with E-state index in [0.29, 0.717) is 18.3 Å². The SMILES string of the molecule is Cn1c(=O)c2c(nc(NCc3ccco3)n2Cc2ccc(F)cc2)n(C)c1=O. The number of hydrogen-bond acceptors (Lipinski definition) is 5. The zero-order valence-electron chi connectivity index (χ0n) is 15.3. The van der Waals surface area contributed by atoms with E-state index in [-0.39, 0.29) is 23.5 Å². The lowest BCUT2D eigenvalue weighted by Gasteiger charge is -2.10. The summed E-state index contributed by atoms with van der Waals surface area (Å²) in [6.07, 6.45) is 1.57. The normalized spacial score (nSPS) is 11.2. The van der Waals surface area contributed by atoms with Crippen LogP contribution in [0, 0.1) is 5.82 Å². The molecule has 0 unspecified atom stereocenters. The van der Waals surface area contributed by atoms with E-state index in [9.17, 15) is 14.0 Å². The van der Waals surface area contributed by atoms with Crippen LogP contribution in [0.5, 0.6) is 0 Å². The van der Waals surface area contributed by atoms with Crippen molar-refractivity contribution in [3.63, 3.8) is 0 Å². The molecular weight excluding hydrogens is 365 g/mol. The molecule has 3 heterocycles. The highest BCUT2D eigenvalue weighted by molar-refractivity contribution is 5.74. The van der Waals surface area contributed by atoms with Gasteiger partial charge >= 0.3 is 5.69 Å². The second-order valence-corrected chi connectivity index (χ2v) is 6.46. The highest BCUT2D eigenvalue weighted by atomic mass is 19.1. The van der Waals surface area contributed by atoms with Gasteiger partial charge in [0, 0.05) is 14.1 Å². The summed E-state index contributed by atoms with van der Waals surface area (Å²) < 4.78 is 22.6. The van der Waals surface area contributed by atoms with Crippen LogP contribution in [0.4, 0.5) is 10.3 Å². The Hall–Kier alpha value is -3.62. The first-order valence-corrected chi connectivity index (χ1v) is 8.62. The molecule has 9 heteroatoms. The van der Waals surface area contributed by atoms with Gasteiger partial charge in [0.2, 0.25) is 5.95 Å². The number of halogens is 1. The third kappa shape index (κ3) is 3.00. The highest BCUT2D eigenvalue weighted by Crippen LogP contribution is 2.19. The van der Waals surface area contributed by atoms with Crippen LogP contribution in [0.2, 0.25) is 0 Å². The van der Waals surface area contributed by atoms with E-state index in [0.717, 1.165) is 10.1 Å². The number of hydrogen-bond donors (Lipinski definition) is 1. The summed E-state index contributed by atoms with van der Waals surface area (Å²) in [5, 5.41) is 3.15. The van der Waals surface area contributed by atoms with Crippen molar-refractivity contribution in [2.24, 2.45) is 14.1 Å². The van der Waals surface area contributed by atoms with Gasteiger partial charge in [-0.15, -0.1) is 0 Å². The van der Waals surface area contributed by atoms with Gasteiger partial charge in [0.15, 0.2) is 11.2 Å². The van der Waals surface area contributed by atoms with Crippen LogP contribution in [0.25, 0.3) is 11.2 Å². The summed E-state index contributed by atoms with van der Waals surface area (Å²) in [7, 11) is 2.99. The second-order valence-electron chi connectivity index (χ2n) is 6.46. The Morgan fingerprint density at radius 1 is 1.11 bits per heavy atom. The molecular formula is C19H18FN5O3. The molecule has 0 saturated carbocycles. The average molecular weight is 383 g/mol. The first-order chi connectivity index (χ1) is 13.5. The number of fused-ring (bicyclic) bond motifs is 1. The lowest BCUT2D eigenvalue weighted by atomic mass is 10.2. The largest absolute Gasteiger partial charge is 0.467 e. The van der Waals surface area contributed by atoms with Crippen molar-refractivity contribution in [2.75, 3.05) is 5.32 Å². The van der Waals surface area contributed by atoms with E-state index in [1.54, 1.807) is 36.1 Å². The molecule has 144 valence electrons. The molecule has 0 aliphatic carbocycles. The van der Waals surface area contributed by atoms with Crippen LogP contribution >= 0.6 is 0 Å². The number of anilines is 1. The van der Waals surface area contributed by atoms with Gasteiger partial charge in [-0.05, 0) is 29.8 Å². The van der Waals surface area contributed by atoms with Crippen LogP contribution in [0.1, 0.15) is 11.3 Å². The minimum Gasteiger partial charge on any atom is -0.467 e. The Kier molecular flexibility index (Phi) is 4.34. The van der Waals surface area contributed by atoms with Gasteiger partial charge in [-0.2, -0.15) is 4.98 Å². The lowest BCUT2D eigenvalue weighted by Crippen LogP contribution is -2.37. The van der Waals surface area contributed by atoms with E-state index >= 15 is 0 Å². The van der Waals surface area contributed by atoms with E-state index in [4.69, 9.17) is 4.42 Å². The minimum absolute atomic E-state index is 0.275. The summed E-state index contributed by atoms with van der Waals surface area (Å²) in [5.74, 6) is 0.768. The van der Waals surface area contributed by atoms with Gasteiger partial charge in [0.25, 0.3) is 5.56 Å². The third-order valence-electron chi connectivity index (χ3n) is 4.60. The smallest absolute Gasteiger partial charge is 0.332 e. The zero-order valence-corrected chi connectivity index (χ0v) is 15.3. The average Bonchev–Trinajstić information content (AvgIpc) is 3.33. The molecule has 0 aliphatic rings. The predicted octanol–water partition coefficient (Wildman–Crippen LogP) is 1.83. The van der Waals surface area contributed by atoms with Crippen LogP contribution < -0.4 is 16.6 Å². The second kappa shape index (κ2) is 6.84. The van der Waals surface area contributed by atoms with Crippen LogP contribution in [0.3, 0.4) is 0 Å². The predicted molar refractivity (Wildman–Crippen MR) is 102 cm³/mol. The van der Waals surface area contributed by atoms with Crippen LogP contribution in [-0.4, -0.2) is 18.7 Å². The monoisotopic (exact) mass is 383 g/mol. The third-order valence-corrected chi connectivity index (χ3v) is 4.60. The summed E-state index contributed by atoms with van der Waals surface area (Å²) in [6.45, 7) is 0.638. The Morgan fingerprint density at radius 3 is 2.54 bits per heavy atom. The fourth-order valence-electron chi connectivity index (χ4n) is 3.09. The number of nitrogens with zero attached hydrogens (tertiary/aromatic N) is 4. The number of furan rings is 1. The number of nitrogens with one attached hydrogen (secondary N) is 1. The van der Waals surface area contributed by atoms with E-state index in [2.05, 4.69) is 10.3 Å². The molecule has 1 N–H and O–H groups in total. The van der Waals surface area contributed by atoms with Gasteiger partial charge in [-0.25, -0.2) is 9.18 Å². The number of benzene rings is 1. The zero-order chi connectivity index (χ0) is 19.8. The van der Waals surface area contributed by atoms with Crippen molar-refractivity contribution in [1.82, 2.24) is 18.7 Å². The molecule has 3 aromatic heterocycles. The maximum Gasteiger partial charge on any atom is 0.332 e. The molecule has 0 saturated heterocycles. The number of imidazole rings is 1. The quantitative estimate of drug-likeness (QED) is 0.568. The van der Waals surface area contributed by atoms with Crippen molar-refractivity contribution in [1.29, 1.82) is 0 Å². The fourth-order valence-corrected chi connectivity index (χ4v) is 3.09. The van der Waals surface area contributed by atoms with E-state index in [1.807, 2.05) is 6.07 Å². The van der Waals surface area contributed by atoms with Crippen LogP contribution in [0.15, 0.2) is 56.7 Å². The van der Waals surface area contributed by atoms with Crippen molar-refractivity contribution in [2.45, 2.75) is 13.1 Å². The van der Waals surface area contributed by atoms with E-state index in [1.165, 1.54) is 23.7 Å². The number of aromatic nitrogens is 4. The first-order valence-electron chi connectivity index (χ1n) is 8.62. The molecule has 0 bridgehead atoms. The summed E-state index contributed by atoms with van der Waals surface area (Å²) in [6, 6.07) is 9.59. The Labute approximate surface area is 158 Å². The molecule has 0 aliphatic heterocycles. The molecule has 4 aromatic rings. The molecule has 0 atom stereocenters. The van der Waals surface area contributed by atoms with Crippen molar-refractivity contribution in [3.05, 3.63) is 80.6 Å². The van der Waals surface area contributed by atoms with Gasteiger partial charge in [0.05, 0.1) is 19.4 Å². The van der Waals surface area contributed by atoms with E-state index < -0.39 is 11.2 Å². The van der Waals surface area contributed by atoms with Gasteiger partial charge in [0.1, 0.15) is 11.6 Å². The summed E-state index contributed by atoms with van der Waals surface area (Å²) in [5.41, 5.74) is 0.450. The highest BCUT2D eigenvalue weighted by Gasteiger charge is 2.19. The molecule has 4 rings (SSSR count). The molecule has 28 heavy (non-hydrogen) atoms. The van der Waals surface area contributed by atoms with Crippen molar-refractivity contribution < 1.29 is 8.81 Å². The first kappa shape index (κ1) is 17.8. The molecule has 8 nitrogen and oxygen atoms in total. The maximum atomic E-state index is 13.3. The molecule has 0 fully saturated rings. The Morgan fingerprint density at radius 2 is 1.86 bits per heavy atom. The molecule has 0 radical (unpaired) electrons. The number of aryl methyl sites for hydroxylation is 1. The Bertz CT molecular complexity index is 1250. The lowest BCUT2D eigenvalue weighted by molar-refractivity contribution is 0.517. The van der Waals surface area contributed by atoms with Gasteiger partial charge < -0.3 is 9.73 Å². The van der Waals surface area contributed by atoms with Gasteiger partial charge in [-0.3, -0.25) is 18.5 Å². The van der Waals surface area contributed by atoms with Gasteiger partial charge in [-0.1, -0.05) is 12.1 Å².